The number of hydrogen-bond acceptors (Lipinski definition) is 8. The largest absolute Gasteiger partial charge is 0.443 e. The van der Waals surface area contributed by atoms with Crippen LogP contribution in [0.15, 0.2) is 59.6 Å². The highest BCUT2D eigenvalue weighted by Crippen LogP contribution is 2.63. The van der Waals surface area contributed by atoms with E-state index in [1.165, 1.54) is 18.5 Å². The lowest BCUT2D eigenvalue weighted by atomic mass is 9.91. The number of aromatic amines is 1. The van der Waals surface area contributed by atoms with Gasteiger partial charge in [-0.05, 0) is 36.0 Å². The number of H-pyrrole nitrogens is 1. The number of nitrogens with two attached hydrogens (primary N) is 1. The minimum atomic E-state index is -0.322. The van der Waals surface area contributed by atoms with Gasteiger partial charge in [0.1, 0.15) is 34.8 Å². The molecular formula is C26H22ClFN8O. The summed E-state index contributed by atoms with van der Waals surface area (Å²) < 4.78 is 20.1. The van der Waals surface area contributed by atoms with Crippen molar-refractivity contribution in [2.24, 2.45) is 17.6 Å². The molecule has 1 saturated carbocycles. The van der Waals surface area contributed by atoms with E-state index >= 15 is 0 Å². The Labute approximate surface area is 215 Å². The number of hydrogen-bond donors (Lipinski definition) is 2. The molecule has 5 heterocycles. The third-order valence-electron chi connectivity index (χ3n) is 7.90. The van der Waals surface area contributed by atoms with Gasteiger partial charge in [-0.15, -0.1) is 0 Å². The zero-order valence-corrected chi connectivity index (χ0v) is 20.4. The molecule has 3 N–H and O–H groups in total. The van der Waals surface area contributed by atoms with Crippen LogP contribution in [0.4, 0.5) is 10.2 Å². The molecule has 3 atom stereocenters. The minimum absolute atomic E-state index is 0.180. The van der Waals surface area contributed by atoms with Crippen molar-refractivity contribution in [3.05, 3.63) is 71.6 Å². The van der Waals surface area contributed by atoms with Gasteiger partial charge in [0.05, 0.1) is 17.4 Å². The Morgan fingerprint density at radius 2 is 2.03 bits per heavy atom. The lowest BCUT2D eigenvalue weighted by molar-refractivity contribution is 0.533. The summed E-state index contributed by atoms with van der Waals surface area (Å²) in [7, 11) is 0. The summed E-state index contributed by atoms with van der Waals surface area (Å²) in [6.07, 6.45) is 7.30. The number of benzene rings is 1. The van der Waals surface area contributed by atoms with Crippen molar-refractivity contribution in [3.8, 4) is 22.8 Å². The van der Waals surface area contributed by atoms with Crippen LogP contribution >= 0.6 is 11.6 Å². The number of oxazole rings is 1. The molecule has 186 valence electrons. The van der Waals surface area contributed by atoms with Crippen molar-refractivity contribution < 1.29 is 8.81 Å². The van der Waals surface area contributed by atoms with Crippen molar-refractivity contribution in [3.63, 3.8) is 0 Å². The second-order valence-corrected chi connectivity index (χ2v) is 9.91. The number of piperidine rings is 1. The van der Waals surface area contributed by atoms with Gasteiger partial charge in [-0.3, -0.25) is 5.10 Å². The van der Waals surface area contributed by atoms with Crippen LogP contribution in [0.1, 0.15) is 12.0 Å². The van der Waals surface area contributed by atoms with Crippen molar-refractivity contribution >= 4 is 28.6 Å². The number of nitrogens with zero attached hydrogens (tertiary/aromatic N) is 6. The van der Waals surface area contributed by atoms with E-state index in [2.05, 4.69) is 25.1 Å². The molecule has 0 spiro atoms. The SMILES string of the molecule is NC[C@]1(c2ccccc2F)[C@@H]2CCN(c3cnc4c(-c5ccnc(-c6ncco6)c5Cl)n[nH]c4n3)C[C@@H]21. The Morgan fingerprint density at radius 1 is 1.14 bits per heavy atom. The van der Waals surface area contributed by atoms with Crippen LogP contribution in [0.3, 0.4) is 0 Å². The Kier molecular flexibility index (Phi) is 5.02. The van der Waals surface area contributed by atoms with E-state index in [0.717, 1.165) is 30.9 Å². The Morgan fingerprint density at radius 3 is 2.84 bits per heavy atom. The predicted molar refractivity (Wildman–Crippen MR) is 136 cm³/mol. The van der Waals surface area contributed by atoms with Crippen LogP contribution < -0.4 is 10.6 Å². The van der Waals surface area contributed by atoms with Gasteiger partial charge in [-0.2, -0.15) is 5.10 Å². The number of pyridine rings is 1. The summed E-state index contributed by atoms with van der Waals surface area (Å²) in [4.78, 5) is 20.2. The quantitative estimate of drug-likeness (QED) is 0.356. The topological polar surface area (TPSA) is 123 Å². The van der Waals surface area contributed by atoms with Crippen LogP contribution in [-0.2, 0) is 5.41 Å². The Balaban J connectivity index is 1.19. The van der Waals surface area contributed by atoms with Crippen molar-refractivity contribution in [1.29, 1.82) is 0 Å². The molecule has 1 saturated heterocycles. The molecule has 0 bridgehead atoms. The maximum atomic E-state index is 14.7. The lowest BCUT2D eigenvalue weighted by Crippen LogP contribution is -2.32. The average Bonchev–Trinajstić information content (AvgIpc) is 3.26. The molecule has 0 radical (unpaired) electrons. The van der Waals surface area contributed by atoms with Gasteiger partial charge in [-0.25, -0.2) is 24.3 Å². The number of nitrogens with one attached hydrogen (secondary N) is 1. The first-order valence-electron chi connectivity index (χ1n) is 12.1. The zero-order chi connectivity index (χ0) is 25.1. The first-order chi connectivity index (χ1) is 18.1. The first-order valence-corrected chi connectivity index (χ1v) is 12.5. The van der Waals surface area contributed by atoms with Crippen LogP contribution in [0.5, 0.6) is 0 Å². The lowest BCUT2D eigenvalue weighted by Gasteiger charge is -2.26. The van der Waals surface area contributed by atoms with E-state index < -0.39 is 0 Å². The molecule has 4 aromatic heterocycles. The summed E-state index contributed by atoms with van der Waals surface area (Å²) in [5.74, 6) is 1.53. The van der Waals surface area contributed by atoms with E-state index in [9.17, 15) is 4.39 Å². The van der Waals surface area contributed by atoms with Gasteiger partial charge < -0.3 is 15.1 Å². The Hall–Kier alpha value is -3.89. The molecule has 1 aliphatic heterocycles. The van der Waals surface area contributed by atoms with E-state index in [4.69, 9.17) is 31.7 Å². The number of aromatic nitrogens is 6. The second-order valence-electron chi connectivity index (χ2n) is 9.53. The maximum absolute atomic E-state index is 14.7. The molecular weight excluding hydrogens is 495 g/mol. The average molecular weight is 517 g/mol. The van der Waals surface area contributed by atoms with Crippen molar-refractivity contribution in [2.75, 3.05) is 24.5 Å². The fourth-order valence-electron chi connectivity index (χ4n) is 6.09. The van der Waals surface area contributed by atoms with E-state index in [1.54, 1.807) is 24.5 Å². The molecule has 9 nitrogen and oxygen atoms in total. The van der Waals surface area contributed by atoms with Crippen LogP contribution in [-0.4, -0.2) is 49.8 Å². The smallest absolute Gasteiger partial charge is 0.246 e. The van der Waals surface area contributed by atoms with Crippen molar-refractivity contribution in [2.45, 2.75) is 11.8 Å². The van der Waals surface area contributed by atoms with Gasteiger partial charge in [0.25, 0.3) is 0 Å². The van der Waals surface area contributed by atoms with E-state index in [0.29, 0.717) is 51.5 Å². The molecule has 11 heteroatoms. The van der Waals surface area contributed by atoms with E-state index in [-0.39, 0.29) is 17.2 Å². The van der Waals surface area contributed by atoms with E-state index in [1.807, 2.05) is 12.1 Å². The third kappa shape index (κ3) is 3.29. The van der Waals surface area contributed by atoms with Gasteiger partial charge in [0.2, 0.25) is 5.89 Å². The minimum Gasteiger partial charge on any atom is -0.443 e. The highest BCUT2D eigenvalue weighted by atomic mass is 35.5. The van der Waals surface area contributed by atoms with Gasteiger partial charge >= 0.3 is 0 Å². The molecule has 5 aromatic rings. The van der Waals surface area contributed by atoms with Crippen molar-refractivity contribution in [1.82, 2.24) is 30.1 Å². The second kappa shape index (κ2) is 8.32. The first kappa shape index (κ1) is 22.3. The van der Waals surface area contributed by atoms with Gasteiger partial charge in [-0.1, -0.05) is 29.8 Å². The predicted octanol–water partition coefficient (Wildman–Crippen LogP) is 4.22. The van der Waals surface area contributed by atoms with Gasteiger partial charge in [0, 0.05) is 36.8 Å². The summed E-state index contributed by atoms with van der Waals surface area (Å²) in [5.41, 5.74) is 9.44. The highest BCUT2D eigenvalue weighted by molar-refractivity contribution is 6.35. The van der Waals surface area contributed by atoms with Crippen LogP contribution in [0, 0.1) is 17.7 Å². The zero-order valence-electron chi connectivity index (χ0n) is 19.6. The van der Waals surface area contributed by atoms with Gasteiger partial charge in [0.15, 0.2) is 5.65 Å². The molecule has 2 fully saturated rings. The monoisotopic (exact) mass is 516 g/mol. The molecule has 37 heavy (non-hydrogen) atoms. The molecule has 7 rings (SSSR count). The standard InChI is InChI=1S/C26H22ClFN8O/c27-20-14(5-7-30-22(20)25-31-8-10-37-25)21-23-24(35-34-21)33-19(11-32-23)36-9-6-15-17(12-36)26(15,13-29)16-3-1-2-4-18(16)28/h1-5,7-8,10-11,15,17H,6,9,12-13,29H2,(H,33,34,35)/t15-,17+,26-/m1/s1. The molecule has 0 amide bonds. The summed E-state index contributed by atoms with van der Waals surface area (Å²) >= 11 is 6.66. The fourth-order valence-corrected chi connectivity index (χ4v) is 6.37. The molecule has 1 aromatic carbocycles. The fraction of sp³-hybridized carbons (Fsp3) is 0.269. The van der Waals surface area contributed by atoms with Crippen LogP contribution in [0.2, 0.25) is 5.02 Å². The Bertz CT molecular complexity index is 1620. The highest BCUT2D eigenvalue weighted by Gasteiger charge is 2.66. The number of anilines is 1. The number of fused-ring (bicyclic) bond motifs is 2. The van der Waals surface area contributed by atoms with Crippen LogP contribution in [0.25, 0.3) is 34.0 Å². The number of rotatable bonds is 5. The summed E-state index contributed by atoms with van der Waals surface area (Å²) in [6.45, 7) is 1.97. The molecule has 1 aliphatic carbocycles. The maximum Gasteiger partial charge on any atom is 0.246 e. The molecule has 0 unspecified atom stereocenters. The summed E-state index contributed by atoms with van der Waals surface area (Å²) in [6, 6.07) is 8.77. The normalized spacial score (nSPS) is 22.8. The summed E-state index contributed by atoms with van der Waals surface area (Å²) in [5, 5.41) is 7.81. The number of halogens is 2. The molecule has 2 aliphatic rings. The third-order valence-corrected chi connectivity index (χ3v) is 8.28.